The number of ketones is 1. The van der Waals surface area contributed by atoms with Gasteiger partial charge in [-0.05, 0) is 37.6 Å². The van der Waals surface area contributed by atoms with E-state index in [2.05, 4.69) is 20.7 Å². The molecule has 2 N–H and O–H groups in total. The third-order valence-electron chi connectivity index (χ3n) is 6.18. The lowest BCUT2D eigenvalue weighted by Gasteiger charge is -2.27. The average Bonchev–Trinajstić information content (AvgIpc) is 3.43. The molecule has 0 unspecified atom stereocenters. The van der Waals surface area contributed by atoms with Crippen molar-refractivity contribution in [1.29, 1.82) is 0 Å². The van der Waals surface area contributed by atoms with Gasteiger partial charge in [0.2, 0.25) is 11.7 Å². The van der Waals surface area contributed by atoms with Gasteiger partial charge in [0.25, 0.3) is 5.91 Å². The fourth-order valence-corrected chi connectivity index (χ4v) is 3.88. The summed E-state index contributed by atoms with van der Waals surface area (Å²) in [5.74, 6) is -2.52. The first kappa shape index (κ1) is 26.4. The van der Waals surface area contributed by atoms with Crippen molar-refractivity contribution in [2.75, 3.05) is 0 Å². The normalized spacial score (nSPS) is 12.0. The number of carbonyl (C=O) groups excluding carboxylic acids is 3. The lowest BCUT2D eigenvalue weighted by molar-refractivity contribution is -0.141. The van der Waals surface area contributed by atoms with Crippen molar-refractivity contribution in [2.45, 2.75) is 38.4 Å². The van der Waals surface area contributed by atoms with E-state index in [0.717, 1.165) is 5.56 Å². The Morgan fingerprint density at radius 1 is 0.974 bits per heavy atom. The number of benzene rings is 2. The zero-order valence-corrected chi connectivity index (χ0v) is 21.1. The number of hydrogen-bond acceptors (Lipinski definition) is 5. The smallest absolute Gasteiger partial charge is 0.289 e. The van der Waals surface area contributed by atoms with Crippen LogP contribution in [0, 0.1) is 5.82 Å². The van der Waals surface area contributed by atoms with E-state index in [1.54, 1.807) is 62.6 Å². The summed E-state index contributed by atoms with van der Waals surface area (Å²) in [5.41, 5.74) is 1.00. The molecule has 194 valence electrons. The van der Waals surface area contributed by atoms with Gasteiger partial charge in [-0.1, -0.05) is 54.6 Å². The SMILES string of the molecule is CC(C)(C(=O)N[C@H](Cc1ccccc1)C(=O)C(=O)NCc1ccccn1)n1cc(-c2ccccc2F)cn1. The summed E-state index contributed by atoms with van der Waals surface area (Å²) in [4.78, 5) is 43.5. The Labute approximate surface area is 219 Å². The second-order valence-electron chi connectivity index (χ2n) is 9.30. The molecule has 0 fully saturated rings. The number of halogens is 1. The summed E-state index contributed by atoms with van der Waals surface area (Å²) in [7, 11) is 0. The van der Waals surface area contributed by atoms with Gasteiger partial charge in [0, 0.05) is 29.9 Å². The van der Waals surface area contributed by atoms with Crippen molar-refractivity contribution in [3.05, 3.63) is 108 Å². The molecule has 0 aliphatic rings. The van der Waals surface area contributed by atoms with Crippen LogP contribution in [0.15, 0.2) is 91.4 Å². The van der Waals surface area contributed by atoms with Crippen LogP contribution in [0.2, 0.25) is 0 Å². The topological polar surface area (TPSA) is 106 Å². The first-order valence-electron chi connectivity index (χ1n) is 12.1. The lowest BCUT2D eigenvalue weighted by Crippen LogP contribution is -2.54. The monoisotopic (exact) mass is 513 g/mol. The summed E-state index contributed by atoms with van der Waals surface area (Å²) in [6.45, 7) is 3.34. The largest absolute Gasteiger partial charge is 0.344 e. The predicted molar refractivity (Wildman–Crippen MR) is 140 cm³/mol. The summed E-state index contributed by atoms with van der Waals surface area (Å²) >= 11 is 0. The Balaban J connectivity index is 1.52. The minimum Gasteiger partial charge on any atom is -0.344 e. The van der Waals surface area contributed by atoms with E-state index in [1.807, 2.05) is 30.3 Å². The molecule has 0 saturated heterocycles. The summed E-state index contributed by atoms with van der Waals surface area (Å²) in [6, 6.07) is 19.5. The van der Waals surface area contributed by atoms with Gasteiger partial charge in [0.1, 0.15) is 17.4 Å². The van der Waals surface area contributed by atoms with Crippen LogP contribution in [0.4, 0.5) is 4.39 Å². The Morgan fingerprint density at radius 2 is 1.68 bits per heavy atom. The van der Waals surface area contributed by atoms with Crippen molar-refractivity contribution in [3.63, 3.8) is 0 Å². The van der Waals surface area contributed by atoms with Crippen molar-refractivity contribution in [1.82, 2.24) is 25.4 Å². The zero-order valence-electron chi connectivity index (χ0n) is 21.1. The number of pyridine rings is 1. The maximum atomic E-state index is 14.3. The highest BCUT2D eigenvalue weighted by molar-refractivity contribution is 6.38. The minimum absolute atomic E-state index is 0.0784. The van der Waals surface area contributed by atoms with Crippen LogP contribution in [0.3, 0.4) is 0 Å². The Bertz CT molecular complexity index is 1420. The molecule has 9 heteroatoms. The molecule has 0 saturated carbocycles. The van der Waals surface area contributed by atoms with Gasteiger partial charge < -0.3 is 10.6 Å². The molecule has 4 aromatic rings. The Kier molecular flexibility index (Phi) is 8.06. The quantitative estimate of drug-likeness (QED) is 0.316. The number of nitrogens with one attached hydrogen (secondary N) is 2. The van der Waals surface area contributed by atoms with E-state index < -0.39 is 35.0 Å². The van der Waals surface area contributed by atoms with E-state index in [-0.39, 0.29) is 13.0 Å². The molecule has 0 bridgehead atoms. The molecule has 2 amide bonds. The van der Waals surface area contributed by atoms with Crippen LogP contribution < -0.4 is 10.6 Å². The third kappa shape index (κ3) is 6.18. The summed E-state index contributed by atoms with van der Waals surface area (Å²) in [5, 5.41) is 9.60. The molecule has 8 nitrogen and oxygen atoms in total. The van der Waals surface area contributed by atoms with E-state index in [4.69, 9.17) is 0 Å². The fourth-order valence-electron chi connectivity index (χ4n) is 3.88. The van der Waals surface area contributed by atoms with Gasteiger partial charge in [-0.15, -0.1) is 0 Å². The van der Waals surface area contributed by atoms with Crippen LogP contribution in [-0.4, -0.2) is 38.4 Å². The van der Waals surface area contributed by atoms with Crippen molar-refractivity contribution >= 4 is 17.6 Å². The highest BCUT2D eigenvalue weighted by atomic mass is 19.1. The maximum absolute atomic E-state index is 14.3. The molecule has 0 aliphatic carbocycles. The number of rotatable bonds is 10. The van der Waals surface area contributed by atoms with Crippen LogP contribution in [0.5, 0.6) is 0 Å². The molecule has 0 spiro atoms. The first-order valence-corrected chi connectivity index (χ1v) is 12.1. The first-order chi connectivity index (χ1) is 18.3. The van der Waals surface area contributed by atoms with Gasteiger partial charge in [-0.3, -0.25) is 24.0 Å². The number of nitrogens with zero attached hydrogens (tertiary/aromatic N) is 3. The van der Waals surface area contributed by atoms with Crippen LogP contribution in [0.25, 0.3) is 11.1 Å². The molecule has 2 heterocycles. The van der Waals surface area contributed by atoms with E-state index in [9.17, 15) is 18.8 Å². The van der Waals surface area contributed by atoms with Gasteiger partial charge >= 0.3 is 0 Å². The highest BCUT2D eigenvalue weighted by Gasteiger charge is 2.35. The highest BCUT2D eigenvalue weighted by Crippen LogP contribution is 2.25. The number of amides is 2. The summed E-state index contributed by atoms with van der Waals surface area (Å²) in [6.07, 6.45) is 4.77. The van der Waals surface area contributed by atoms with Gasteiger partial charge in [0.15, 0.2) is 0 Å². The Morgan fingerprint density at radius 3 is 2.39 bits per heavy atom. The zero-order chi connectivity index (χ0) is 27.1. The molecular formula is C29H28FN5O3. The van der Waals surface area contributed by atoms with E-state index in [1.165, 1.54) is 16.9 Å². The lowest BCUT2D eigenvalue weighted by atomic mass is 9.98. The van der Waals surface area contributed by atoms with Crippen LogP contribution >= 0.6 is 0 Å². The fraction of sp³-hybridized carbons (Fsp3) is 0.207. The molecule has 38 heavy (non-hydrogen) atoms. The molecular weight excluding hydrogens is 485 g/mol. The minimum atomic E-state index is -1.25. The van der Waals surface area contributed by atoms with Gasteiger partial charge in [0.05, 0.1) is 18.4 Å². The molecule has 1 atom stereocenters. The van der Waals surface area contributed by atoms with Gasteiger partial charge in [-0.25, -0.2) is 4.39 Å². The second-order valence-corrected chi connectivity index (χ2v) is 9.30. The predicted octanol–water partition coefficient (Wildman–Crippen LogP) is 3.43. The summed E-state index contributed by atoms with van der Waals surface area (Å²) < 4.78 is 15.7. The van der Waals surface area contributed by atoms with Crippen LogP contribution in [-0.2, 0) is 32.9 Å². The Hall–Kier alpha value is -4.66. The molecule has 2 aromatic carbocycles. The third-order valence-corrected chi connectivity index (χ3v) is 6.18. The van der Waals surface area contributed by atoms with Crippen LogP contribution in [0.1, 0.15) is 25.1 Å². The van der Waals surface area contributed by atoms with E-state index in [0.29, 0.717) is 16.8 Å². The van der Waals surface area contributed by atoms with Crippen molar-refractivity contribution in [3.8, 4) is 11.1 Å². The number of hydrogen-bond donors (Lipinski definition) is 2. The molecule has 0 radical (unpaired) electrons. The van der Waals surface area contributed by atoms with Crippen molar-refractivity contribution < 1.29 is 18.8 Å². The van der Waals surface area contributed by atoms with Crippen molar-refractivity contribution in [2.24, 2.45) is 0 Å². The molecule has 4 rings (SSSR count). The molecule has 2 aromatic heterocycles. The molecule has 0 aliphatic heterocycles. The van der Waals surface area contributed by atoms with E-state index >= 15 is 0 Å². The second kappa shape index (κ2) is 11.6. The van der Waals surface area contributed by atoms with Gasteiger partial charge in [-0.2, -0.15) is 5.10 Å². The maximum Gasteiger partial charge on any atom is 0.289 e. The number of Topliss-reactive ketones (excluding diaryl/α,β-unsaturated/α-hetero) is 1. The standard InChI is InChI=1S/C29H28FN5O3/c1-29(2,35-19-21(17-33-35)23-13-6-7-14-24(23)30)28(38)34-25(16-20-10-4-3-5-11-20)26(36)27(37)32-18-22-12-8-9-15-31-22/h3-15,17,19,25H,16,18H2,1-2H3,(H,32,37)(H,34,38)/t25-/m1/s1. The average molecular weight is 514 g/mol. The number of carbonyl (C=O) groups is 3. The number of aromatic nitrogens is 3.